The third-order valence-corrected chi connectivity index (χ3v) is 6.18. The van der Waals surface area contributed by atoms with Crippen LogP contribution in [0, 0.1) is 11.8 Å². The van der Waals surface area contributed by atoms with E-state index in [9.17, 15) is 8.42 Å². The summed E-state index contributed by atoms with van der Waals surface area (Å²) in [5.41, 5.74) is 0. The van der Waals surface area contributed by atoms with Crippen molar-refractivity contribution in [1.29, 1.82) is 0 Å². The first kappa shape index (κ1) is 17.1. The summed E-state index contributed by atoms with van der Waals surface area (Å²) in [6, 6.07) is 4.76. The molecule has 1 aromatic rings. The molecule has 22 heavy (non-hydrogen) atoms. The van der Waals surface area contributed by atoms with Gasteiger partial charge in [0.05, 0.1) is 14.2 Å². The molecule has 124 valence electrons. The number of rotatable bonds is 5. The van der Waals surface area contributed by atoms with Crippen LogP contribution in [-0.4, -0.2) is 28.7 Å². The van der Waals surface area contributed by atoms with Gasteiger partial charge in [0.2, 0.25) is 10.0 Å². The van der Waals surface area contributed by atoms with Crippen molar-refractivity contribution in [2.45, 2.75) is 44.0 Å². The molecule has 0 spiro atoms. The van der Waals surface area contributed by atoms with Crippen LogP contribution in [0.5, 0.6) is 11.5 Å². The molecule has 2 rings (SSSR count). The maximum atomic E-state index is 12.8. The Balaban J connectivity index is 2.30. The minimum Gasteiger partial charge on any atom is -0.497 e. The van der Waals surface area contributed by atoms with E-state index in [1.807, 2.05) is 0 Å². The van der Waals surface area contributed by atoms with Crippen LogP contribution in [0.25, 0.3) is 0 Å². The van der Waals surface area contributed by atoms with Crippen LogP contribution in [0.15, 0.2) is 23.1 Å². The standard InChI is InChI=1S/C16H25NO4S/c1-11-6-5-7-14(12(11)2)17-22(18,19)16-10-13(20-3)8-9-15(16)21-4/h8-12,14,17H,5-7H2,1-4H3. The average Bonchev–Trinajstić information content (AvgIpc) is 2.51. The molecular weight excluding hydrogens is 302 g/mol. The Morgan fingerprint density at radius 1 is 1.14 bits per heavy atom. The van der Waals surface area contributed by atoms with Gasteiger partial charge in [0.25, 0.3) is 0 Å². The third-order valence-electron chi connectivity index (χ3n) is 4.67. The zero-order valence-electron chi connectivity index (χ0n) is 13.6. The lowest BCUT2D eigenvalue weighted by Gasteiger charge is -2.34. The van der Waals surface area contributed by atoms with E-state index in [0.29, 0.717) is 23.3 Å². The number of hydrogen-bond acceptors (Lipinski definition) is 4. The van der Waals surface area contributed by atoms with Crippen LogP contribution in [0.3, 0.4) is 0 Å². The largest absolute Gasteiger partial charge is 0.497 e. The highest BCUT2D eigenvalue weighted by Gasteiger charge is 2.32. The van der Waals surface area contributed by atoms with Gasteiger partial charge in [0, 0.05) is 12.1 Å². The molecule has 1 aromatic carbocycles. The quantitative estimate of drug-likeness (QED) is 0.903. The van der Waals surface area contributed by atoms with Crippen LogP contribution in [0.4, 0.5) is 0 Å². The number of benzene rings is 1. The van der Waals surface area contributed by atoms with Crippen LogP contribution >= 0.6 is 0 Å². The van der Waals surface area contributed by atoms with E-state index in [-0.39, 0.29) is 10.9 Å². The van der Waals surface area contributed by atoms with Crippen molar-refractivity contribution >= 4 is 10.0 Å². The van der Waals surface area contributed by atoms with Crippen molar-refractivity contribution < 1.29 is 17.9 Å². The Morgan fingerprint density at radius 2 is 1.86 bits per heavy atom. The van der Waals surface area contributed by atoms with Gasteiger partial charge in [-0.15, -0.1) is 0 Å². The Hall–Kier alpha value is -1.27. The Kier molecular flexibility index (Phi) is 5.34. The third kappa shape index (κ3) is 3.55. The molecule has 0 amide bonds. The first-order valence-corrected chi connectivity index (χ1v) is 9.11. The van der Waals surface area contributed by atoms with Gasteiger partial charge in [-0.3, -0.25) is 0 Å². The monoisotopic (exact) mass is 327 g/mol. The summed E-state index contributed by atoms with van der Waals surface area (Å²) in [6.07, 6.45) is 3.08. The molecule has 1 N–H and O–H groups in total. The summed E-state index contributed by atoms with van der Waals surface area (Å²) in [6.45, 7) is 4.29. The van der Waals surface area contributed by atoms with Gasteiger partial charge in [-0.25, -0.2) is 13.1 Å². The smallest absolute Gasteiger partial charge is 0.244 e. The molecule has 0 heterocycles. The molecule has 0 saturated heterocycles. The van der Waals surface area contributed by atoms with Crippen molar-refractivity contribution in [2.24, 2.45) is 11.8 Å². The fourth-order valence-electron chi connectivity index (χ4n) is 3.01. The van der Waals surface area contributed by atoms with Crippen LogP contribution in [0.2, 0.25) is 0 Å². The molecule has 3 unspecified atom stereocenters. The first-order valence-electron chi connectivity index (χ1n) is 7.63. The summed E-state index contributed by atoms with van der Waals surface area (Å²) in [5.74, 6) is 1.66. The van der Waals surface area contributed by atoms with Crippen LogP contribution in [0.1, 0.15) is 33.1 Å². The first-order chi connectivity index (χ1) is 10.4. The lowest BCUT2D eigenvalue weighted by molar-refractivity contribution is 0.226. The Morgan fingerprint density at radius 3 is 2.50 bits per heavy atom. The van der Waals surface area contributed by atoms with Crippen molar-refractivity contribution in [3.05, 3.63) is 18.2 Å². The molecule has 0 aromatic heterocycles. The van der Waals surface area contributed by atoms with E-state index in [4.69, 9.17) is 9.47 Å². The van der Waals surface area contributed by atoms with Gasteiger partial charge in [-0.1, -0.05) is 26.7 Å². The molecule has 1 aliphatic rings. The highest BCUT2D eigenvalue weighted by molar-refractivity contribution is 7.89. The second-order valence-corrected chi connectivity index (χ2v) is 7.69. The molecule has 0 aliphatic heterocycles. The van der Waals surface area contributed by atoms with Gasteiger partial charge >= 0.3 is 0 Å². The number of sulfonamides is 1. The van der Waals surface area contributed by atoms with E-state index in [0.717, 1.165) is 19.3 Å². The number of ether oxygens (including phenoxy) is 2. The predicted molar refractivity (Wildman–Crippen MR) is 85.8 cm³/mol. The summed E-state index contributed by atoms with van der Waals surface area (Å²) in [5, 5.41) is 0. The minimum absolute atomic E-state index is 0.0374. The molecule has 5 nitrogen and oxygen atoms in total. The van der Waals surface area contributed by atoms with E-state index < -0.39 is 10.0 Å². The van der Waals surface area contributed by atoms with Gasteiger partial charge in [0.1, 0.15) is 16.4 Å². The Labute approximate surface area is 133 Å². The highest BCUT2D eigenvalue weighted by atomic mass is 32.2. The maximum Gasteiger partial charge on any atom is 0.244 e. The molecule has 0 radical (unpaired) electrons. The molecule has 1 aliphatic carbocycles. The second-order valence-electron chi connectivity index (χ2n) is 6.01. The van der Waals surface area contributed by atoms with Gasteiger partial charge < -0.3 is 9.47 Å². The summed E-state index contributed by atoms with van der Waals surface area (Å²) >= 11 is 0. The average molecular weight is 327 g/mol. The van der Waals surface area contributed by atoms with E-state index in [2.05, 4.69) is 18.6 Å². The molecule has 1 saturated carbocycles. The summed E-state index contributed by atoms with van der Waals surface area (Å²) in [4.78, 5) is 0.125. The fraction of sp³-hybridized carbons (Fsp3) is 0.625. The number of methoxy groups -OCH3 is 2. The van der Waals surface area contributed by atoms with Crippen molar-refractivity contribution in [1.82, 2.24) is 4.72 Å². The van der Waals surface area contributed by atoms with Crippen LogP contribution < -0.4 is 14.2 Å². The van der Waals surface area contributed by atoms with Gasteiger partial charge in [0.15, 0.2) is 0 Å². The lowest BCUT2D eigenvalue weighted by atomic mass is 9.78. The maximum absolute atomic E-state index is 12.8. The SMILES string of the molecule is COc1ccc(OC)c(S(=O)(=O)NC2CCCC(C)C2C)c1. The fourth-order valence-corrected chi connectivity index (χ4v) is 4.55. The van der Waals surface area contributed by atoms with Gasteiger partial charge in [-0.05, 0) is 30.4 Å². The van der Waals surface area contributed by atoms with E-state index in [1.54, 1.807) is 12.1 Å². The van der Waals surface area contributed by atoms with Crippen LogP contribution in [-0.2, 0) is 10.0 Å². The second kappa shape index (κ2) is 6.87. The molecule has 0 bridgehead atoms. The molecule has 1 fully saturated rings. The van der Waals surface area contributed by atoms with Gasteiger partial charge in [-0.2, -0.15) is 0 Å². The van der Waals surface area contributed by atoms with Crippen molar-refractivity contribution in [2.75, 3.05) is 14.2 Å². The number of hydrogen-bond donors (Lipinski definition) is 1. The normalized spacial score (nSPS) is 25.7. The van der Waals surface area contributed by atoms with E-state index in [1.165, 1.54) is 20.3 Å². The molecular formula is C16H25NO4S. The molecule has 3 atom stereocenters. The lowest BCUT2D eigenvalue weighted by Crippen LogP contribution is -2.43. The van der Waals surface area contributed by atoms with Crippen molar-refractivity contribution in [3.8, 4) is 11.5 Å². The zero-order chi connectivity index (χ0) is 16.3. The molecule has 6 heteroatoms. The summed E-state index contributed by atoms with van der Waals surface area (Å²) < 4.78 is 38.7. The summed E-state index contributed by atoms with van der Waals surface area (Å²) in [7, 11) is -0.672. The number of nitrogens with one attached hydrogen (secondary N) is 1. The zero-order valence-corrected chi connectivity index (χ0v) is 14.4. The van der Waals surface area contributed by atoms with Crippen molar-refractivity contribution in [3.63, 3.8) is 0 Å². The predicted octanol–water partition coefficient (Wildman–Crippen LogP) is 2.81. The highest BCUT2D eigenvalue weighted by Crippen LogP contribution is 2.32. The Bertz CT molecular complexity index is 615. The van der Waals surface area contributed by atoms with E-state index >= 15 is 0 Å². The minimum atomic E-state index is -3.65. The topological polar surface area (TPSA) is 64.6 Å².